The van der Waals surface area contributed by atoms with Crippen molar-refractivity contribution in [3.05, 3.63) is 0 Å². The molecule has 1 heterocycles. The number of rotatable bonds is 2. The Morgan fingerprint density at radius 2 is 2.33 bits per heavy atom. The van der Waals surface area contributed by atoms with Crippen molar-refractivity contribution in [3.63, 3.8) is 0 Å². The van der Waals surface area contributed by atoms with Crippen LogP contribution in [-0.2, 0) is 9.47 Å². The Bertz CT molecular complexity index is 77.1. The predicted molar refractivity (Wildman–Crippen MR) is 34.5 cm³/mol. The summed E-state index contributed by atoms with van der Waals surface area (Å²) in [4.78, 5) is 0. The molecule has 1 aliphatic rings. The lowest BCUT2D eigenvalue weighted by molar-refractivity contribution is 0.0744. The quantitative estimate of drug-likeness (QED) is 0.554. The molecule has 2 atom stereocenters. The van der Waals surface area contributed by atoms with Crippen LogP contribution in [0, 0.1) is 0 Å². The fourth-order valence-corrected chi connectivity index (χ4v) is 1.04. The standard InChI is InChI=1S/C6H13NO2/c1-7-5-3-9-4-6(5)8-2/h5-7H,3-4H2,1-2H3/t5-,6-/m1/s1. The van der Waals surface area contributed by atoms with Crippen molar-refractivity contribution in [2.24, 2.45) is 0 Å². The SMILES string of the molecule is CN[C@@H]1COC[C@H]1OC. The van der Waals surface area contributed by atoms with Gasteiger partial charge in [0, 0.05) is 7.11 Å². The molecule has 1 aliphatic heterocycles. The number of ether oxygens (including phenoxy) is 2. The van der Waals surface area contributed by atoms with Crippen molar-refractivity contribution < 1.29 is 9.47 Å². The molecule has 0 spiro atoms. The highest BCUT2D eigenvalue weighted by Crippen LogP contribution is 2.07. The Morgan fingerprint density at radius 1 is 1.56 bits per heavy atom. The molecule has 0 bridgehead atoms. The van der Waals surface area contributed by atoms with E-state index in [1.807, 2.05) is 7.05 Å². The maximum Gasteiger partial charge on any atom is 0.0979 e. The summed E-state index contributed by atoms with van der Waals surface area (Å²) in [5, 5.41) is 3.11. The molecule has 0 aromatic rings. The average Bonchev–Trinajstić information content (AvgIpc) is 2.33. The van der Waals surface area contributed by atoms with Crippen molar-refractivity contribution in [2.75, 3.05) is 27.4 Å². The summed E-state index contributed by atoms with van der Waals surface area (Å²) in [7, 11) is 3.63. The zero-order valence-electron chi connectivity index (χ0n) is 5.89. The number of hydrogen-bond acceptors (Lipinski definition) is 3. The van der Waals surface area contributed by atoms with E-state index in [-0.39, 0.29) is 6.10 Å². The molecule has 1 saturated heterocycles. The number of nitrogens with one attached hydrogen (secondary N) is 1. The smallest absolute Gasteiger partial charge is 0.0979 e. The first-order valence-corrected chi connectivity index (χ1v) is 3.16. The first-order chi connectivity index (χ1) is 4.38. The fourth-order valence-electron chi connectivity index (χ4n) is 1.04. The molecule has 0 aromatic heterocycles. The van der Waals surface area contributed by atoms with Gasteiger partial charge in [-0.3, -0.25) is 0 Å². The Kier molecular flexibility index (Phi) is 2.45. The number of hydrogen-bond donors (Lipinski definition) is 1. The summed E-state index contributed by atoms with van der Waals surface area (Å²) in [5.41, 5.74) is 0. The Hall–Kier alpha value is -0.120. The van der Waals surface area contributed by atoms with Gasteiger partial charge in [0.25, 0.3) is 0 Å². The van der Waals surface area contributed by atoms with Gasteiger partial charge in [0.2, 0.25) is 0 Å². The fraction of sp³-hybridized carbons (Fsp3) is 1.00. The monoisotopic (exact) mass is 131 g/mol. The third-order valence-electron chi connectivity index (χ3n) is 1.70. The van der Waals surface area contributed by atoms with Gasteiger partial charge in [0.15, 0.2) is 0 Å². The number of methoxy groups -OCH3 is 1. The third-order valence-corrected chi connectivity index (χ3v) is 1.70. The van der Waals surface area contributed by atoms with Gasteiger partial charge in [-0.25, -0.2) is 0 Å². The maximum absolute atomic E-state index is 5.16. The highest BCUT2D eigenvalue weighted by Gasteiger charge is 2.25. The number of likely N-dealkylation sites (N-methyl/N-ethyl adjacent to an activating group) is 1. The van der Waals surface area contributed by atoms with Crippen LogP contribution in [0.2, 0.25) is 0 Å². The normalized spacial score (nSPS) is 35.3. The average molecular weight is 131 g/mol. The van der Waals surface area contributed by atoms with Crippen LogP contribution in [0.5, 0.6) is 0 Å². The molecule has 1 N–H and O–H groups in total. The summed E-state index contributed by atoms with van der Waals surface area (Å²) in [6, 6.07) is 0.384. The molecule has 9 heavy (non-hydrogen) atoms. The summed E-state index contributed by atoms with van der Waals surface area (Å²) in [6.45, 7) is 1.50. The van der Waals surface area contributed by atoms with Crippen LogP contribution in [-0.4, -0.2) is 39.5 Å². The molecule has 1 rings (SSSR count). The molecule has 3 nitrogen and oxygen atoms in total. The zero-order chi connectivity index (χ0) is 6.69. The lowest BCUT2D eigenvalue weighted by Gasteiger charge is -2.13. The molecule has 3 heteroatoms. The molecule has 54 valence electrons. The summed E-state index contributed by atoms with van der Waals surface area (Å²) in [5.74, 6) is 0. The minimum atomic E-state index is 0.245. The zero-order valence-corrected chi connectivity index (χ0v) is 5.89. The molecule has 0 saturated carbocycles. The van der Waals surface area contributed by atoms with Crippen molar-refractivity contribution >= 4 is 0 Å². The second kappa shape index (κ2) is 3.15. The second-order valence-corrected chi connectivity index (χ2v) is 2.21. The van der Waals surface area contributed by atoms with Crippen LogP contribution in [0.4, 0.5) is 0 Å². The molecular weight excluding hydrogens is 118 g/mol. The van der Waals surface area contributed by atoms with E-state index in [9.17, 15) is 0 Å². The van der Waals surface area contributed by atoms with Gasteiger partial charge >= 0.3 is 0 Å². The Balaban J connectivity index is 2.32. The van der Waals surface area contributed by atoms with Crippen molar-refractivity contribution in [1.82, 2.24) is 5.32 Å². The van der Waals surface area contributed by atoms with E-state index in [1.54, 1.807) is 7.11 Å². The minimum absolute atomic E-state index is 0.245. The predicted octanol–water partition coefficient (Wildman–Crippen LogP) is -0.380. The van der Waals surface area contributed by atoms with Crippen LogP contribution in [0.1, 0.15) is 0 Å². The van der Waals surface area contributed by atoms with Crippen LogP contribution >= 0.6 is 0 Å². The minimum Gasteiger partial charge on any atom is -0.377 e. The first kappa shape index (κ1) is 6.99. The van der Waals surface area contributed by atoms with Gasteiger partial charge in [-0.05, 0) is 7.05 Å². The van der Waals surface area contributed by atoms with E-state index in [1.165, 1.54) is 0 Å². The first-order valence-electron chi connectivity index (χ1n) is 3.16. The molecule has 0 aromatic carbocycles. The van der Waals surface area contributed by atoms with Gasteiger partial charge in [0.05, 0.1) is 25.4 Å². The van der Waals surface area contributed by atoms with Gasteiger partial charge in [-0.2, -0.15) is 0 Å². The van der Waals surface area contributed by atoms with Crippen LogP contribution in [0.3, 0.4) is 0 Å². The largest absolute Gasteiger partial charge is 0.377 e. The lowest BCUT2D eigenvalue weighted by Crippen LogP contribution is -2.37. The van der Waals surface area contributed by atoms with E-state index >= 15 is 0 Å². The maximum atomic E-state index is 5.16. The van der Waals surface area contributed by atoms with Crippen molar-refractivity contribution in [2.45, 2.75) is 12.1 Å². The Morgan fingerprint density at radius 3 is 2.78 bits per heavy atom. The van der Waals surface area contributed by atoms with Crippen molar-refractivity contribution in [3.8, 4) is 0 Å². The molecule has 1 fully saturated rings. The summed E-state index contributed by atoms with van der Waals surface area (Å²) < 4.78 is 10.3. The van der Waals surface area contributed by atoms with E-state index < -0.39 is 0 Å². The second-order valence-electron chi connectivity index (χ2n) is 2.21. The van der Waals surface area contributed by atoms with Gasteiger partial charge in [-0.15, -0.1) is 0 Å². The van der Waals surface area contributed by atoms with E-state index in [2.05, 4.69) is 5.32 Å². The molecule has 0 radical (unpaired) electrons. The van der Waals surface area contributed by atoms with Crippen LogP contribution in [0.15, 0.2) is 0 Å². The van der Waals surface area contributed by atoms with Crippen LogP contribution < -0.4 is 5.32 Å². The molecular formula is C6H13NO2. The summed E-state index contributed by atoms with van der Waals surface area (Å²) in [6.07, 6.45) is 0.245. The van der Waals surface area contributed by atoms with E-state index in [4.69, 9.17) is 9.47 Å². The Labute approximate surface area is 55.3 Å². The molecule has 0 amide bonds. The molecule has 0 aliphatic carbocycles. The van der Waals surface area contributed by atoms with Gasteiger partial charge in [0.1, 0.15) is 0 Å². The molecule has 0 unspecified atom stereocenters. The van der Waals surface area contributed by atoms with Crippen LogP contribution in [0.25, 0.3) is 0 Å². The van der Waals surface area contributed by atoms with Gasteiger partial charge in [-0.1, -0.05) is 0 Å². The van der Waals surface area contributed by atoms with E-state index in [0.29, 0.717) is 6.04 Å². The topological polar surface area (TPSA) is 30.5 Å². The lowest BCUT2D eigenvalue weighted by atomic mass is 10.2. The summed E-state index contributed by atoms with van der Waals surface area (Å²) >= 11 is 0. The van der Waals surface area contributed by atoms with Gasteiger partial charge < -0.3 is 14.8 Å². The highest BCUT2D eigenvalue weighted by atomic mass is 16.5. The van der Waals surface area contributed by atoms with E-state index in [0.717, 1.165) is 13.2 Å². The van der Waals surface area contributed by atoms with Crippen molar-refractivity contribution in [1.29, 1.82) is 0 Å². The highest BCUT2D eigenvalue weighted by molar-refractivity contribution is 4.80. The third kappa shape index (κ3) is 1.41.